The maximum absolute atomic E-state index is 12.2. The van der Waals surface area contributed by atoms with Gasteiger partial charge in [0.15, 0.2) is 0 Å². The third kappa shape index (κ3) is 7.04. The Morgan fingerprint density at radius 3 is 2.36 bits per heavy atom. The third-order valence-electron chi connectivity index (χ3n) is 3.60. The van der Waals surface area contributed by atoms with Crippen LogP contribution in [0.15, 0.2) is 47.4 Å². The minimum Gasteiger partial charge on any atom is -0.354 e. The predicted molar refractivity (Wildman–Crippen MR) is 118 cm³/mol. The number of rotatable bonds is 9. The molecule has 1 amide bonds. The van der Waals surface area contributed by atoms with Gasteiger partial charge >= 0.3 is 0 Å². The molecule has 0 aliphatic heterocycles. The van der Waals surface area contributed by atoms with E-state index in [1.54, 1.807) is 11.8 Å². The van der Waals surface area contributed by atoms with Crippen molar-refractivity contribution in [3.05, 3.63) is 57.5 Å². The fourth-order valence-corrected chi connectivity index (χ4v) is 4.70. The first kappa shape index (κ1) is 23.2. The van der Waals surface area contributed by atoms with E-state index < -0.39 is 22.5 Å². The molecule has 0 radical (unpaired) electrons. The van der Waals surface area contributed by atoms with Crippen LogP contribution in [0.1, 0.15) is 6.42 Å². The number of nitrogens with one attached hydrogen (secondary N) is 1. The zero-order valence-electron chi connectivity index (χ0n) is 15.0. The molecule has 2 aromatic rings. The molecule has 10 heteroatoms. The van der Waals surface area contributed by atoms with Crippen molar-refractivity contribution >= 4 is 68.2 Å². The van der Waals surface area contributed by atoms with Crippen LogP contribution in [0.5, 0.6) is 0 Å². The number of carbonyl (C=O) groups excluding carboxylic acids is 1. The van der Waals surface area contributed by atoms with Crippen LogP contribution in [0.25, 0.3) is 0 Å². The van der Waals surface area contributed by atoms with Crippen LogP contribution >= 0.6 is 46.6 Å². The van der Waals surface area contributed by atoms with E-state index in [1.165, 1.54) is 12.1 Å². The van der Waals surface area contributed by atoms with Gasteiger partial charge in [0.25, 0.3) is 0 Å². The average Bonchev–Trinajstić information content (AvgIpc) is 2.63. The minimum atomic E-state index is -3.75. The lowest BCUT2D eigenvalue weighted by molar-refractivity contribution is -0.119. The first-order chi connectivity index (χ1) is 13.2. The maximum Gasteiger partial charge on any atom is 0.240 e. The van der Waals surface area contributed by atoms with Crippen LogP contribution in [0.2, 0.25) is 15.1 Å². The molecule has 152 valence electrons. The molecule has 2 aromatic carbocycles. The molecular formula is C18H19Cl3N2O3S2. The number of hydrogen-bond donors (Lipinski definition) is 1. The molecule has 2 rings (SSSR count). The van der Waals surface area contributed by atoms with E-state index in [0.29, 0.717) is 6.54 Å². The molecule has 0 spiro atoms. The van der Waals surface area contributed by atoms with E-state index in [1.807, 2.05) is 30.3 Å². The fraction of sp³-hybridized carbons (Fsp3) is 0.278. The van der Waals surface area contributed by atoms with E-state index in [4.69, 9.17) is 34.8 Å². The van der Waals surface area contributed by atoms with Gasteiger partial charge in [-0.15, -0.1) is 11.8 Å². The number of sulfonamides is 1. The van der Waals surface area contributed by atoms with Gasteiger partial charge in [0.1, 0.15) is 6.54 Å². The molecule has 0 saturated carbocycles. The van der Waals surface area contributed by atoms with E-state index in [2.05, 4.69) is 5.32 Å². The molecule has 0 heterocycles. The summed E-state index contributed by atoms with van der Waals surface area (Å²) >= 11 is 19.7. The highest BCUT2D eigenvalue weighted by Crippen LogP contribution is 2.35. The molecule has 0 atom stereocenters. The van der Waals surface area contributed by atoms with Crippen molar-refractivity contribution in [3.8, 4) is 0 Å². The van der Waals surface area contributed by atoms with Crippen LogP contribution < -0.4 is 9.62 Å². The van der Waals surface area contributed by atoms with Crippen LogP contribution in [-0.2, 0) is 14.8 Å². The molecule has 0 aliphatic carbocycles. The highest BCUT2D eigenvalue weighted by Gasteiger charge is 2.24. The van der Waals surface area contributed by atoms with Gasteiger partial charge in [-0.2, -0.15) is 0 Å². The van der Waals surface area contributed by atoms with Crippen molar-refractivity contribution in [2.75, 3.05) is 29.4 Å². The van der Waals surface area contributed by atoms with E-state index >= 15 is 0 Å². The van der Waals surface area contributed by atoms with Crippen molar-refractivity contribution < 1.29 is 13.2 Å². The van der Waals surface area contributed by atoms with Gasteiger partial charge in [-0.3, -0.25) is 9.10 Å². The second kappa shape index (κ2) is 10.6. The minimum absolute atomic E-state index is 0.0897. The molecular weight excluding hydrogens is 463 g/mol. The van der Waals surface area contributed by atoms with E-state index in [-0.39, 0.29) is 20.8 Å². The molecule has 1 N–H and O–H groups in total. The standard InChI is InChI=1S/C18H19Cl3N2O3S2/c1-28(25,26)23(17-11-15(20)14(19)10-16(17)21)12-18(24)22-8-5-9-27-13-6-3-2-4-7-13/h2-4,6-7,10-11H,5,8-9,12H2,1H3,(H,22,24). The summed E-state index contributed by atoms with van der Waals surface area (Å²) in [6, 6.07) is 12.6. The Labute approximate surface area is 184 Å². The van der Waals surface area contributed by atoms with Gasteiger partial charge in [-0.25, -0.2) is 8.42 Å². The first-order valence-corrected chi connectivity index (χ1v) is 12.2. The molecule has 0 fully saturated rings. The number of thioether (sulfide) groups is 1. The number of hydrogen-bond acceptors (Lipinski definition) is 4. The summed E-state index contributed by atoms with van der Waals surface area (Å²) in [6.45, 7) is 0.0354. The lowest BCUT2D eigenvalue weighted by Crippen LogP contribution is -2.40. The van der Waals surface area contributed by atoms with Gasteiger partial charge < -0.3 is 5.32 Å². The van der Waals surface area contributed by atoms with Crippen molar-refractivity contribution in [2.24, 2.45) is 0 Å². The molecule has 5 nitrogen and oxygen atoms in total. The largest absolute Gasteiger partial charge is 0.354 e. The summed E-state index contributed by atoms with van der Waals surface area (Å²) in [4.78, 5) is 13.4. The lowest BCUT2D eigenvalue weighted by Gasteiger charge is -2.23. The smallest absolute Gasteiger partial charge is 0.240 e. The second-order valence-corrected chi connectivity index (χ2v) is 10.1. The normalized spacial score (nSPS) is 11.3. The number of anilines is 1. The Morgan fingerprint density at radius 1 is 1.07 bits per heavy atom. The molecule has 0 unspecified atom stereocenters. The summed E-state index contributed by atoms with van der Waals surface area (Å²) < 4.78 is 25.2. The fourth-order valence-electron chi connectivity index (χ4n) is 2.28. The van der Waals surface area contributed by atoms with E-state index in [9.17, 15) is 13.2 Å². The summed E-state index contributed by atoms with van der Waals surface area (Å²) in [5, 5.41) is 3.16. The number of nitrogens with zero attached hydrogens (tertiary/aromatic N) is 1. The highest BCUT2D eigenvalue weighted by molar-refractivity contribution is 7.99. The monoisotopic (exact) mass is 480 g/mol. The molecule has 0 aliphatic rings. The Hall–Kier alpha value is -1.12. The van der Waals surface area contributed by atoms with Crippen LogP contribution in [0.4, 0.5) is 5.69 Å². The van der Waals surface area contributed by atoms with Gasteiger partial charge in [-0.05, 0) is 36.4 Å². The Bertz CT molecular complexity index is 925. The quantitative estimate of drug-likeness (QED) is 0.320. The predicted octanol–water partition coefficient (Wildman–Crippen LogP) is 4.71. The van der Waals surface area contributed by atoms with Crippen molar-refractivity contribution in [1.29, 1.82) is 0 Å². The molecule has 0 bridgehead atoms. The first-order valence-electron chi connectivity index (χ1n) is 8.25. The second-order valence-electron chi connectivity index (χ2n) is 5.85. The molecule has 0 saturated heterocycles. The Balaban J connectivity index is 1.92. The number of amides is 1. The van der Waals surface area contributed by atoms with Crippen molar-refractivity contribution in [1.82, 2.24) is 5.32 Å². The SMILES string of the molecule is CS(=O)(=O)N(CC(=O)NCCCSc1ccccc1)c1cc(Cl)c(Cl)cc1Cl. The zero-order chi connectivity index (χ0) is 20.7. The van der Waals surface area contributed by atoms with Crippen molar-refractivity contribution in [3.63, 3.8) is 0 Å². The van der Waals surface area contributed by atoms with E-state index in [0.717, 1.165) is 27.6 Å². The number of carbonyl (C=O) groups is 1. The Kier molecular flexibility index (Phi) is 8.77. The summed E-state index contributed by atoms with van der Waals surface area (Å²) in [6.07, 6.45) is 1.74. The van der Waals surface area contributed by atoms with Gasteiger partial charge in [0, 0.05) is 11.4 Å². The van der Waals surface area contributed by atoms with Gasteiger partial charge in [-0.1, -0.05) is 53.0 Å². The number of halogens is 3. The van der Waals surface area contributed by atoms with Crippen LogP contribution in [-0.4, -0.2) is 39.4 Å². The molecule has 28 heavy (non-hydrogen) atoms. The highest BCUT2D eigenvalue weighted by atomic mass is 35.5. The van der Waals surface area contributed by atoms with Crippen LogP contribution in [0.3, 0.4) is 0 Å². The third-order valence-corrected chi connectivity index (χ3v) is 6.85. The average molecular weight is 482 g/mol. The lowest BCUT2D eigenvalue weighted by atomic mass is 10.3. The molecule has 0 aromatic heterocycles. The zero-order valence-corrected chi connectivity index (χ0v) is 18.9. The summed E-state index contributed by atoms with van der Waals surface area (Å²) in [5.74, 6) is 0.399. The summed E-state index contributed by atoms with van der Waals surface area (Å²) in [7, 11) is -3.75. The van der Waals surface area contributed by atoms with Crippen molar-refractivity contribution in [2.45, 2.75) is 11.3 Å². The topological polar surface area (TPSA) is 66.5 Å². The number of benzene rings is 2. The maximum atomic E-state index is 12.2. The Morgan fingerprint density at radius 2 is 1.71 bits per heavy atom. The van der Waals surface area contributed by atoms with Gasteiger partial charge in [0.05, 0.1) is 27.0 Å². The van der Waals surface area contributed by atoms with Crippen LogP contribution in [0, 0.1) is 0 Å². The summed E-state index contributed by atoms with van der Waals surface area (Å²) in [5.41, 5.74) is 0.105. The van der Waals surface area contributed by atoms with Gasteiger partial charge in [0.2, 0.25) is 15.9 Å².